The van der Waals surface area contributed by atoms with Crippen LogP contribution in [0.5, 0.6) is 5.75 Å². The first-order valence-electron chi connectivity index (χ1n) is 9.22. The van der Waals surface area contributed by atoms with Crippen LogP contribution in [0.25, 0.3) is 10.9 Å². The molecule has 3 N–H and O–H groups in total. The van der Waals surface area contributed by atoms with E-state index in [9.17, 15) is 14.3 Å². The van der Waals surface area contributed by atoms with Gasteiger partial charge in [0.1, 0.15) is 11.6 Å². The van der Waals surface area contributed by atoms with Gasteiger partial charge in [0.15, 0.2) is 0 Å². The summed E-state index contributed by atoms with van der Waals surface area (Å²) in [4.78, 5) is 15.2. The number of ether oxygens (including phenoxy) is 1. The van der Waals surface area contributed by atoms with Crippen molar-refractivity contribution in [1.29, 1.82) is 0 Å². The van der Waals surface area contributed by atoms with Gasteiger partial charge in [-0.15, -0.1) is 0 Å². The average Bonchev–Trinajstić information content (AvgIpc) is 2.66. The van der Waals surface area contributed by atoms with Crippen LogP contribution >= 0.6 is 0 Å². The lowest BCUT2D eigenvalue weighted by Gasteiger charge is -2.32. The van der Waals surface area contributed by atoms with Gasteiger partial charge in [-0.1, -0.05) is 0 Å². The Balaban J connectivity index is 1.78. The molecule has 1 aromatic heterocycles. The number of hydrogen-bond donors (Lipinski definition) is 3. The summed E-state index contributed by atoms with van der Waals surface area (Å²) in [5.74, 6) is -0.559. The fourth-order valence-corrected chi connectivity index (χ4v) is 3.97. The number of hydrogen-bond acceptors (Lipinski definition) is 5. The van der Waals surface area contributed by atoms with E-state index in [-0.39, 0.29) is 23.8 Å². The first-order valence-corrected chi connectivity index (χ1v) is 9.22. The van der Waals surface area contributed by atoms with Crippen LogP contribution in [0.2, 0.25) is 0 Å². The van der Waals surface area contributed by atoms with Crippen molar-refractivity contribution < 1.29 is 24.1 Å². The molecule has 1 saturated heterocycles. The number of aliphatic hydroxyl groups is 1. The highest BCUT2D eigenvalue weighted by atomic mass is 19.1. The Kier molecular flexibility index (Phi) is 6.23. The van der Waals surface area contributed by atoms with Crippen molar-refractivity contribution in [2.45, 2.75) is 31.8 Å². The summed E-state index contributed by atoms with van der Waals surface area (Å²) in [5, 5.41) is 23.6. The van der Waals surface area contributed by atoms with Gasteiger partial charge in [-0.2, -0.15) is 0 Å². The summed E-state index contributed by atoms with van der Waals surface area (Å²) in [7, 11) is 1.53. The molecule has 1 aromatic carbocycles. The van der Waals surface area contributed by atoms with E-state index in [1.54, 1.807) is 18.2 Å². The Hall–Kier alpha value is -2.25. The number of methoxy groups -OCH3 is 1. The molecule has 1 aliphatic heterocycles. The van der Waals surface area contributed by atoms with E-state index in [4.69, 9.17) is 9.84 Å². The summed E-state index contributed by atoms with van der Waals surface area (Å²) in [6.45, 7) is 1.50. The molecule has 0 aliphatic carbocycles. The Morgan fingerprint density at radius 2 is 2.26 bits per heavy atom. The van der Waals surface area contributed by atoms with Gasteiger partial charge < -0.3 is 20.3 Å². The molecular formula is C20H25FN2O4. The lowest BCUT2D eigenvalue weighted by Crippen LogP contribution is -2.37. The van der Waals surface area contributed by atoms with Gasteiger partial charge in [0, 0.05) is 17.4 Å². The maximum Gasteiger partial charge on any atom is 0.303 e. The molecule has 7 heteroatoms. The Morgan fingerprint density at radius 3 is 3.00 bits per heavy atom. The first-order chi connectivity index (χ1) is 13.0. The van der Waals surface area contributed by atoms with Crippen molar-refractivity contribution in [3.05, 3.63) is 35.8 Å². The number of piperidine rings is 1. The second-order valence-electron chi connectivity index (χ2n) is 7.11. The van der Waals surface area contributed by atoms with Gasteiger partial charge in [-0.25, -0.2) is 4.39 Å². The molecule has 2 heterocycles. The third-order valence-electron chi connectivity index (χ3n) is 5.41. The molecule has 0 spiro atoms. The average molecular weight is 376 g/mol. The van der Waals surface area contributed by atoms with Crippen molar-refractivity contribution in [3.8, 4) is 5.75 Å². The molecule has 1 unspecified atom stereocenters. The van der Waals surface area contributed by atoms with Gasteiger partial charge >= 0.3 is 5.97 Å². The third-order valence-corrected chi connectivity index (χ3v) is 5.41. The normalized spacial score (nSPS) is 21.1. The molecule has 2 aromatic rings. The largest absolute Gasteiger partial charge is 0.497 e. The zero-order chi connectivity index (χ0) is 19.4. The number of fused-ring (bicyclic) bond motifs is 1. The molecule has 0 radical (unpaired) electrons. The number of nitrogens with one attached hydrogen (secondary N) is 1. The summed E-state index contributed by atoms with van der Waals surface area (Å²) in [5.41, 5.74) is 0.819. The number of halogens is 1. The van der Waals surface area contributed by atoms with E-state index < -0.39 is 17.9 Å². The number of nitrogens with zero attached hydrogens (tertiary/aromatic N) is 1. The van der Waals surface area contributed by atoms with E-state index in [0.29, 0.717) is 36.0 Å². The van der Waals surface area contributed by atoms with Gasteiger partial charge in [-0.3, -0.25) is 9.78 Å². The van der Waals surface area contributed by atoms with Crippen LogP contribution in [0.3, 0.4) is 0 Å². The van der Waals surface area contributed by atoms with E-state index in [1.807, 2.05) is 0 Å². The zero-order valence-corrected chi connectivity index (χ0v) is 15.3. The summed E-state index contributed by atoms with van der Waals surface area (Å²) < 4.78 is 19.7. The number of carbonyl (C=O) groups is 1. The number of carboxylic acid groups (broad SMARTS) is 1. The van der Waals surface area contributed by atoms with Gasteiger partial charge in [0.2, 0.25) is 0 Å². The first kappa shape index (κ1) is 19.5. The number of aliphatic carboxylic acids is 1. The quantitative estimate of drug-likeness (QED) is 0.688. The molecule has 27 heavy (non-hydrogen) atoms. The maximum atomic E-state index is 14.5. The Bertz CT molecular complexity index is 814. The molecule has 146 valence electrons. The summed E-state index contributed by atoms with van der Waals surface area (Å²) >= 11 is 0. The minimum Gasteiger partial charge on any atom is -0.497 e. The predicted molar refractivity (Wildman–Crippen MR) is 99.2 cm³/mol. The molecule has 0 bridgehead atoms. The van der Waals surface area contributed by atoms with Crippen LogP contribution < -0.4 is 10.1 Å². The number of pyridine rings is 1. The Labute approximate surface area is 157 Å². The highest BCUT2D eigenvalue weighted by Crippen LogP contribution is 2.34. The van der Waals surface area contributed by atoms with Gasteiger partial charge in [0.25, 0.3) is 0 Å². The molecule has 0 amide bonds. The standard InChI is InChI=1S/C20H25FN2O4/c1-27-14-3-4-17-15(9-14)20(16(21)11-23-17)18(24)5-2-12-6-7-22-10-13(12)8-19(25)26/h3-4,9,11-13,18,22,24H,2,5-8,10H2,1H3,(H,25,26)/t12?,13-,18-/m1/s1. The van der Waals surface area contributed by atoms with Crippen molar-refractivity contribution in [3.63, 3.8) is 0 Å². The smallest absolute Gasteiger partial charge is 0.303 e. The second-order valence-corrected chi connectivity index (χ2v) is 7.11. The third kappa shape index (κ3) is 4.54. The predicted octanol–water partition coefficient (Wildman–Crippen LogP) is 2.90. The summed E-state index contributed by atoms with van der Waals surface area (Å²) in [6, 6.07) is 5.16. The maximum absolute atomic E-state index is 14.5. The molecule has 1 aliphatic rings. The van der Waals surface area contributed by atoms with Crippen LogP contribution in [0.4, 0.5) is 4.39 Å². The molecule has 0 saturated carbocycles. The lowest BCUT2D eigenvalue weighted by atomic mass is 9.80. The van der Waals surface area contributed by atoms with Crippen LogP contribution in [-0.4, -0.2) is 41.4 Å². The summed E-state index contributed by atoms with van der Waals surface area (Å²) in [6.07, 6.45) is 2.13. The van der Waals surface area contributed by atoms with Crippen molar-refractivity contribution >= 4 is 16.9 Å². The van der Waals surface area contributed by atoms with Crippen LogP contribution in [0, 0.1) is 17.7 Å². The number of carboxylic acids is 1. The van der Waals surface area contributed by atoms with Crippen molar-refractivity contribution in [1.82, 2.24) is 10.3 Å². The molecule has 1 fully saturated rings. The van der Waals surface area contributed by atoms with Crippen LogP contribution in [0.15, 0.2) is 24.4 Å². The van der Waals surface area contributed by atoms with E-state index in [1.165, 1.54) is 7.11 Å². The van der Waals surface area contributed by atoms with Crippen LogP contribution in [0.1, 0.15) is 37.4 Å². The topological polar surface area (TPSA) is 91.7 Å². The highest BCUT2D eigenvalue weighted by molar-refractivity contribution is 5.84. The number of aromatic nitrogens is 1. The number of aliphatic hydroxyl groups excluding tert-OH is 1. The van der Waals surface area contributed by atoms with Gasteiger partial charge in [0.05, 0.1) is 24.9 Å². The SMILES string of the molecule is COc1ccc2ncc(F)c([C@H](O)CCC3CCNC[C@H]3CC(=O)O)c2c1. The molecule has 6 nitrogen and oxygen atoms in total. The van der Waals surface area contributed by atoms with E-state index in [0.717, 1.165) is 19.2 Å². The number of benzene rings is 1. The fourth-order valence-electron chi connectivity index (χ4n) is 3.97. The van der Waals surface area contributed by atoms with Gasteiger partial charge in [-0.05, 0) is 62.4 Å². The zero-order valence-electron chi connectivity index (χ0n) is 15.3. The fraction of sp³-hybridized carbons (Fsp3) is 0.500. The van der Waals surface area contributed by atoms with Crippen LogP contribution in [-0.2, 0) is 4.79 Å². The lowest BCUT2D eigenvalue weighted by molar-refractivity contribution is -0.138. The van der Waals surface area contributed by atoms with Crippen molar-refractivity contribution in [2.75, 3.05) is 20.2 Å². The second kappa shape index (κ2) is 8.63. The minimum atomic E-state index is -0.983. The molecule has 3 atom stereocenters. The highest BCUT2D eigenvalue weighted by Gasteiger charge is 2.28. The number of rotatable bonds is 7. The minimum absolute atomic E-state index is 0.0302. The molecule has 3 rings (SSSR count). The molecular weight excluding hydrogens is 351 g/mol. The van der Waals surface area contributed by atoms with E-state index in [2.05, 4.69) is 10.3 Å². The van der Waals surface area contributed by atoms with Crippen molar-refractivity contribution in [2.24, 2.45) is 11.8 Å². The Morgan fingerprint density at radius 1 is 1.44 bits per heavy atom. The monoisotopic (exact) mass is 376 g/mol. The van der Waals surface area contributed by atoms with E-state index >= 15 is 0 Å².